The molecule has 1 saturated carbocycles. The van der Waals surface area contributed by atoms with Gasteiger partial charge in [0.25, 0.3) is 0 Å². The van der Waals surface area contributed by atoms with Crippen LogP contribution in [0.1, 0.15) is 50.5 Å². The van der Waals surface area contributed by atoms with Crippen molar-refractivity contribution in [2.75, 3.05) is 16.9 Å². The molecular weight excluding hydrogens is 486 g/mol. The average Bonchev–Trinajstić information content (AvgIpc) is 3.20. The zero-order chi connectivity index (χ0) is 25.7. The lowest BCUT2D eigenvalue weighted by atomic mass is 9.89. The first-order valence-electron chi connectivity index (χ1n) is 12.9. The molecule has 2 aromatic carbocycles. The Hall–Kier alpha value is -3.43. The molecule has 194 valence electrons. The molecule has 1 saturated heterocycles. The van der Waals surface area contributed by atoms with Gasteiger partial charge in [-0.15, -0.1) is 0 Å². The number of rotatable bonds is 6. The van der Waals surface area contributed by atoms with Crippen molar-refractivity contribution >= 4 is 27.2 Å². The van der Waals surface area contributed by atoms with Crippen LogP contribution in [0.4, 0.5) is 16.2 Å². The summed E-state index contributed by atoms with van der Waals surface area (Å²) in [5.74, 6) is 0. The van der Waals surface area contributed by atoms with Crippen molar-refractivity contribution in [1.82, 2.24) is 15.7 Å². The summed E-state index contributed by atoms with van der Waals surface area (Å²) in [7, 11) is -3.71. The van der Waals surface area contributed by atoms with Gasteiger partial charge in [-0.1, -0.05) is 37.8 Å². The second-order valence-corrected chi connectivity index (χ2v) is 11.9. The fourth-order valence-corrected chi connectivity index (χ4v) is 6.52. The molecule has 37 heavy (non-hydrogen) atoms. The maximum atomic E-state index is 13.4. The Morgan fingerprint density at radius 3 is 2.46 bits per heavy atom. The molecule has 0 unspecified atom stereocenters. The number of aromatic nitrogens is 1. The van der Waals surface area contributed by atoms with Gasteiger partial charge in [0.1, 0.15) is 0 Å². The standard InChI is InChI=1S/C28H33N5O3S/c34-27(30-21-22-7-6-17-29-20-22)31-23-10-12-25(13-11-23)37(35,36)26-9-5-8-24(19-26)33-18-16-28(32-33)14-3-1-2-4-15-28/h5-13,17,19-20,32H,1-4,14-16,18,21H2,(H2,30,31,34). The smallest absolute Gasteiger partial charge is 0.319 e. The Morgan fingerprint density at radius 2 is 1.73 bits per heavy atom. The molecule has 3 aromatic rings. The van der Waals surface area contributed by atoms with E-state index in [1.165, 1.54) is 50.7 Å². The second-order valence-electron chi connectivity index (χ2n) is 9.90. The molecular formula is C28H33N5O3S. The van der Waals surface area contributed by atoms with E-state index >= 15 is 0 Å². The summed E-state index contributed by atoms with van der Waals surface area (Å²) in [5.41, 5.74) is 6.11. The topological polar surface area (TPSA) is 103 Å². The molecule has 0 radical (unpaired) electrons. The third kappa shape index (κ3) is 5.94. The van der Waals surface area contributed by atoms with Crippen LogP contribution in [0.25, 0.3) is 0 Å². The number of urea groups is 1. The van der Waals surface area contributed by atoms with E-state index in [0.29, 0.717) is 12.2 Å². The average molecular weight is 520 g/mol. The summed E-state index contributed by atoms with van der Waals surface area (Å²) in [5, 5.41) is 7.60. The van der Waals surface area contributed by atoms with Crippen LogP contribution in [0.2, 0.25) is 0 Å². The largest absolute Gasteiger partial charge is 0.334 e. The fourth-order valence-electron chi connectivity index (χ4n) is 5.22. The van der Waals surface area contributed by atoms with E-state index < -0.39 is 9.84 Å². The van der Waals surface area contributed by atoms with Crippen molar-refractivity contribution < 1.29 is 13.2 Å². The Bertz CT molecular complexity index is 1320. The summed E-state index contributed by atoms with van der Waals surface area (Å²) in [6.45, 7) is 1.21. The summed E-state index contributed by atoms with van der Waals surface area (Å²) in [4.78, 5) is 16.7. The molecule has 1 aromatic heterocycles. The molecule has 8 nitrogen and oxygen atoms in total. The van der Waals surface area contributed by atoms with E-state index in [2.05, 4.69) is 26.1 Å². The van der Waals surface area contributed by atoms with Crippen LogP contribution in [0, 0.1) is 0 Å². The van der Waals surface area contributed by atoms with Gasteiger partial charge in [0.05, 0.1) is 15.5 Å². The molecule has 1 spiro atoms. The molecule has 3 N–H and O–H groups in total. The Kier molecular flexibility index (Phi) is 7.43. The van der Waals surface area contributed by atoms with Crippen molar-refractivity contribution in [2.24, 2.45) is 0 Å². The van der Waals surface area contributed by atoms with Crippen LogP contribution >= 0.6 is 0 Å². The quantitative estimate of drug-likeness (QED) is 0.421. The number of nitrogens with one attached hydrogen (secondary N) is 3. The van der Waals surface area contributed by atoms with Crippen molar-refractivity contribution in [2.45, 2.75) is 66.8 Å². The minimum atomic E-state index is -3.71. The van der Waals surface area contributed by atoms with Gasteiger partial charge in [-0.3, -0.25) is 4.98 Å². The van der Waals surface area contributed by atoms with Crippen LogP contribution < -0.4 is 21.1 Å². The highest BCUT2D eigenvalue weighted by Gasteiger charge is 2.38. The predicted molar refractivity (Wildman–Crippen MR) is 144 cm³/mol. The highest BCUT2D eigenvalue weighted by molar-refractivity contribution is 7.91. The third-order valence-corrected chi connectivity index (χ3v) is 9.05. The van der Waals surface area contributed by atoms with Crippen molar-refractivity contribution in [3.05, 3.63) is 78.6 Å². The molecule has 2 heterocycles. The number of nitrogens with zero attached hydrogens (tertiary/aromatic N) is 2. The predicted octanol–water partition coefficient (Wildman–Crippen LogP) is 5.04. The van der Waals surface area contributed by atoms with Crippen LogP contribution in [-0.4, -0.2) is 31.5 Å². The number of pyridine rings is 1. The number of hydrogen-bond donors (Lipinski definition) is 3. The van der Waals surface area contributed by atoms with Crippen molar-refractivity contribution in [3.8, 4) is 0 Å². The van der Waals surface area contributed by atoms with E-state index in [1.54, 1.807) is 48.8 Å². The molecule has 2 aliphatic rings. The van der Waals surface area contributed by atoms with Crippen molar-refractivity contribution in [1.29, 1.82) is 0 Å². The number of hydrogen-bond acceptors (Lipinski definition) is 6. The first kappa shape index (κ1) is 25.2. The molecule has 1 aliphatic carbocycles. The summed E-state index contributed by atoms with van der Waals surface area (Å²) < 4.78 is 26.8. The van der Waals surface area contributed by atoms with Crippen LogP contribution in [0.3, 0.4) is 0 Å². The summed E-state index contributed by atoms with van der Waals surface area (Å²) in [6.07, 6.45) is 11.8. The third-order valence-electron chi connectivity index (χ3n) is 7.28. The molecule has 1 aliphatic heterocycles. The van der Waals surface area contributed by atoms with Crippen LogP contribution in [0.15, 0.2) is 82.8 Å². The van der Waals surface area contributed by atoms with Gasteiger partial charge in [0.2, 0.25) is 9.84 Å². The summed E-state index contributed by atoms with van der Waals surface area (Å²) in [6, 6.07) is 16.7. The van der Waals surface area contributed by atoms with Gasteiger partial charge < -0.3 is 15.6 Å². The van der Waals surface area contributed by atoms with E-state index in [4.69, 9.17) is 0 Å². The molecule has 0 atom stereocenters. The zero-order valence-electron chi connectivity index (χ0n) is 20.8. The van der Waals surface area contributed by atoms with E-state index in [9.17, 15) is 13.2 Å². The summed E-state index contributed by atoms with van der Waals surface area (Å²) >= 11 is 0. The van der Waals surface area contributed by atoms with Crippen LogP contribution in [0.5, 0.6) is 0 Å². The number of carbonyl (C=O) groups is 1. The number of benzene rings is 2. The van der Waals surface area contributed by atoms with E-state index in [-0.39, 0.29) is 21.4 Å². The lowest BCUT2D eigenvalue weighted by molar-refractivity contribution is 0.251. The fraction of sp³-hybridized carbons (Fsp3) is 0.357. The Morgan fingerprint density at radius 1 is 0.946 bits per heavy atom. The maximum Gasteiger partial charge on any atom is 0.319 e. The normalized spacial score (nSPS) is 17.4. The minimum Gasteiger partial charge on any atom is -0.334 e. The van der Waals surface area contributed by atoms with Gasteiger partial charge in [0.15, 0.2) is 0 Å². The first-order valence-corrected chi connectivity index (χ1v) is 14.4. The van der Waals surface area contributed by atoms with Gasteiger partial charge in [-0.2, -0.15) is 0 Å². The number of anilines is 2. The first-order chi connectivity index (χ1) is 17.9. The number of carbonyl (C=O) groups excluding carboxylic acids is 1. The van der Waals surface area contributed by atoms with E-state index in [1.807, 2.05) is 12.1 Å². The molecule has 2 amide bonds. The molecule has 2 fully saturated rings. The molecule has 5 rings (SSSR count). The highest BCUT2D eigenvalue weighted by atomic mass is 32.2. The van der Waals surface area contributed by atoms with Crippen molar-refractivity contribution in [3.63, 3.8) is 0 Å². The van der Waals surface area contributed by atoms with Gasteiger partial charge in [-0.05, 0) is 73.4 Å². The van der Waals surface area contributed by atoms with Gasteiger partial charge in [-0.25, -0.2) is 18.6 Å². The number of amides is 2. The maximum absolute atomic E-state index is 13.4. The molecule has 9 heteroatoms. The minimum absolute atomic E-state index is 0.137. The number of hydrazine groups is 1. The molecule has 0 bridgehead atoms. The lowest BCUT2D eigenvalue weighted by Gasteiger charge is -2.30. The van der Waals surface area contributed by atoms with Gasteiger partial charge >= 0.3 is 6.03 Å². The monoisotopic (exact) mass is 519 g/mol. The Balaban J connectivity index is 1.24. The lowest BCUT2D eigenvalue weighted by Crippen LogP contribution is -2.45. The van der Waals surface area contributed by atoms with Gasteiger partial charge in [0, 0.05) is 36.7 Å². The van der Waals surface area contributed by atoms with Crippen LogP contribution in [-0.2, 0) is 16.4 Å². The SMILES string of the molecule is O=C(NCc1cccnc1)Nc1ccc(S(=O)(=O)c2cccc(N3CCC4(CCCCCC4)N3)c2)cc1. The number of sulfone groups is 1. The zero-order valence-corrected chi connectivity index (χ0v) is 21.6. The Labute approximate surface area is 218 Å². The van der Waals surface area contributed by atoms with E-state index in [0.717, 1.165) is 24.2 Å². The second kappa shape index (κ2) is 10.9. The highest BCUT2D eigenvalue weighted by Crippen LogP contribution is 2.36.